The first-order valence-electron chi connectivity index (χ1n) is 12.8. The molecule has 3 aliphatic rings. The van der Waals surface area contributed by atoms with Crippen molar-refractivity contribution >= 4 is 16.9 Å². The molecule has 174 valence electrons. The molecule has 32 heavy (non-hydrogen) atoms. The number of amides is 1. The van der Waals surface area contributed by atoms with Crippen molar-refractivity contribution in [2.45, 2.75) is 84.7 Å². The van der Waals surface area contributed by atoms with Gasteiger partial charge in [-0.25, -0.2) is 4.98 Å². The van der Waals surface area contributed by atoms with Crippen LogP contribution in [0.25, 0.3) is 11.0 Å². The summed E-state index contributed by atoms with van der Waals surface area (Å²) in [5, 5.41) is 3.45. The van der Waals surface area contributed by atoms with Crippen LogP contribution in [-0.2, 0) is 11.3 Å². The van der Waals surface area contributed by atoms with Crippen molar-refractivity contribution < 1.29 is 4.79 Å². The third-order valence-corrected chi connectivity index (χ3v) is 9.78. The van der Waals surface area contributed by atoms with Gasteiger partial charge in [-0.15, -0.1) is 0 Å². The van der Waals surface area contributed by atoms with Crippen LogP contribution in [0, 0.1) is 16.7 Å². The Bertz CT molecular complexity index is 987. The Morgan fingerprint density at radius 3 is 2.56 bits per heavy atom. The summed E-state index contributed by atoms with van der Waals surface area (Å²) in [6.07, 6.45) is 6.53. The summed E-state index contributed by atoms with van der Waals surface area (Å²) in [4.78, 5) is 20.6. The third-order valence-electron chi connectivity index (χ3n) is 9.78. The highest BCUT2D eigenvalue weighted by molar-refractivity contribution is 5.78. The molecule has 1 aromatic heterocycles. The van der Waals surface area contributed by atoms with Gasteiger partial charge >= 0.3 is 0 Å². The Labute approximate surface area is 193 Å². The van der Waals surface area contributed by atoms with E-state index in [4.69, 9.17) is 4.98 Å². The zero-order valence-electron chi connectivity index (χ0n) is 20.4. The van der Waals surface area contributed by atoms with Crippen molar-refractivity contribution in [1.29, 1.82) is 0 Å². The number of carbonyl (C=O) groups is 1. The molecule has 5 nitrogen and oxygen atoms in total. The highest BCUT2D eigenvalue weighted by Gasteiger charge is 2.61. The van der Waals surface area contributed by atoms with Crippen LogP contribution in [0.15, 0.2) is 24.3 Å². The Morgan fingerprint density at radius 1 is 1.16 bits per heavy atom. The summed E-state index contributed by atoms with van der Waals surface area (Å²) < 4.78 is 2.34. The first-order chi connectivity index (χ1) is 15.3. The van der Waals surface area contributed by atoms with Gasteiger partial charge in [0.2, 0.25) is 5.91 Å². The molecule has 2 bridgehead atoms. The molecule has 1 saturated heterocycles. The molecule has 1 unspecified atom stereocenters. The van der Waals surface area contributed by atoms with E-state index in [-0.39, 0.29) is 11.3 Å². The minimum Gasteiger partial charge on any atom is -0.353 e. The van der Waals surface area contributed by atoms with Crippen LogP contribution in [0.1, 0.15) is 78.0 Å². The fourth-order valence-corrected chi connectivity index (χ4v) is 7.05. The molecule has 0 spiro atoms. The number of imidazole rings is 1. The summed E-state index contributed by atoms with van der Waals surface area (Å²) in [7, 11) is 0. The van der Waals surface area contributed by atoms with Crippen LogP contribution < -0.4 is 5.32 Å². The number of nitrogens with one attached hydrogen (secondary N) is 1. The van der Waals surface area contributed by atoms with Crippen molar-refractivity contribution in [3.05, 3.63) is 30.1 Å². The second-order valence-corrected chi connectivity index (χ2v) is 11.3. The predicted molar refractivity (Wildman–Crippen MR) is 130 cm³/mol. The number of aryl methyl sites for hydroxylation is 1. The molecule has 1 amide bonds. The number of hydrogen-bond donors (Lipinski definition) is 1. The summed E-state index contributed by atoms with van der Waals surface area (Å²) in [5.41, 5.74) is 2.78. The number of likely N-dealkylation sites (tertiary alicyclic amines) is 1. The number of carbonyl (C=O) groups excluding carboxylic acids is 1. The number of fused-ring (bicyclic) bond motifs is 3. The molecule has 2 aromatic rings. The van der Waals surface area contributed by atoms with Gasteiger partial charge in [0.25, 0.3) is 0 Å². The zero-order valence-corrected chi connectivity index (χ0v) is 20.4. The lowest BCUT2D eigenvalue weighted by molar-refractivity contribution is -0.123. The molecular weight excluding hydrogens is 396 g/mol. The quantitative estimate of drug-likeness (QED) is 0.696. The lowest BCUT2D eigenvalue weighted by Crippen LogP contribution is -2.47. The number of para-hydroxylation sites is 2. The van der Waals surface area contributed by atoms with Crippen LogP contribution in [0.5, 0.6) is 0 Å². The van der Waals surface area contributed by atoms with Gasteiger partial charge < -0.3 is 14.8 Å². The second kappa shape index (κ2) is 8.16. The van der Waals surface area contributed by atoms with E-state index < -0.39 is 0 Å². The third kappa shape index (κ3) is 3.48. The standard InChI is InChI=1S/C27H40N4O/c1-5-30-15-11-19(12-16-30)25-28-21-8-6-7-9-22(21)31(25)17-13-24(32)29-23-18-20-10-14-27(23,4)26(20,2)3/h6-9,19-20,23H,5,10-18H2,1-4H3,(H,29,32)/t20?,23-,27+/m0/s1. The van der Waals surface area contributed by atoms with Crippen LogP contribution in [-0.4, -0.2) is 46.0 Å². The molecule has 2 heterocycles. The Balaban J connectivity index is 1.30. The topological polar surface area (TPSA) is 50.2 Å². The molecule has 1 N–H and O–H groups in total. The van der Waals surface area contributed by atoms with Crippen molar-refractivity contribution in [3.63, 3.8) is 0 Å². The molecule has 1 aromatic carbocycles. The van der Waals surface area contributed by atoms with Crippen LogP contribution in [0.3, 0.4) is 0 Å². The molecule has 2 saturated carbocycles. The molecule has 3 atom stereocenters. The molecule has 1 aliphatic heterocycles. The maximum atomic E-state index is 13.1. The molecule has 2 aliphatic carbocycles. The lowest BCUT2D eigenvalue weighted by Gasteiger charge is -2.39. The summed E-state index contributed by atoms with van der Waals surface area (Å²) >= 11 is 0. The van der Waals surface area contributed by atoms with Gasteiger partial charge in [0.15, 0.2) is 0 Å². The molecule has 0 radical (unpaired) electrons. The van der Waals surface area contributed by atoms with E-state index in [1.54, 1.807) is 0 Å². The van der Waals surface area contributed by atoms with Gasteiger partial charge in [0.1, 0.15) is 5.82 Å². The normalized spacial score (nSPS) is 30.2. The highest BCUT2D eigenvalue weighted by Crippen LogP contribution is 2.65. The zero-order chi connectivity index (χ0) is 22.5. The first-order valence-corrected chi connectivity index (χ1v) is 12.8. The summed E-state index contributed by atoms with van der Waals surface area (Å²) in [6.45, 7) is 13.6. The summed E-state index contributed by atoms with van der Waals surface area (Å²) in [6, 6.07) is 8.73. The Kier molecular flexibility index (Phi) is 5.59. The largest absolute Gasteiger partial charge is 0.353 e. The van der Waals surface area contributed by atoms with E-state index in [9.17, 15) is 4.79 Å². The van der Waals surface area contributed by atoms with Crippen molar-refractivity contribution in [3.8, 4) is 0 Å². The maximum Gasteiger partial charge on any atom is 0.222 e. The minimum atomic E-state index is 0.198. The fraction of sp³-hybridized carbons (Fsp3) is 0.704. The van der Waals surface area contributed by atoms with Gasteiger partial charge in [-0.3, -0.25) is 4.79 Å². The van der Waals surface area contributed by atoms with Gasteiger partial charge in [0, 0.05) is 24.9 Å². The van der Waals surface area contributed by atoms with E-state index in [2.05, 4.69) is 66.7 Å². The molecular formula is C27H40N4O. The van der Waals surface area contributed by atoms with E-state index in [0.717, 1.165) is 50.3 Å². The average Bonchev–Trinajstić information content (AvgIpc) is 3.33. The van der Waals surface area contributed by atoms with Crippen LogP contribution >= 0.6 is 0 Å². The fourth-order valence-electron chi connectivity index (χ4n) is 7.05. The van der Waals surface area contributed by atoms with Gasteiger partial charge in [-0.2, -0.15) is 0 Å². The number of benzene rings is 1. The maximum absolute atomic E-state index is 13.1. The molecule has 5 rings (SSSR count). The highest BCUT2D eigenvalue weighted by atomic mass is 16.1. The SMILES string of the molecule is CCN1CCC(c2nc3ccccc3n2CCC(=O)N[C@H]2CC3CC[C@@]2(C)C3(C)C)CC1. The van der Waals surface area contributed by atoms with E-state index in [1.807, 2.05) is 0 Å². The minimum absolute atomic E-state index is 0.198. The number of hydrogen-bond acceptors (Lipinski definition) is 3. The Morgan fingerprint density at radius 2 is 1.91 bits per heavy atom. The number of aromatic nitrogens is 2. The summed E-state index contributed by atoms with van der Waals surface area (Å²) in [5.74, 6) is 2.61. The molecule has 3 fully saturated rings. The van der Waals surface area contributed by atoms with Crippen LogP contribution in [0.2, 0.25) is 0 Å². The predicted octanol–water partition coefficient (Wildman–Crippen LogP) is 4.96. The number of rotatable bonds is 6. The lowest BCUT2D eigenvalue weighted by atomic mass is 9.69. The number of nitrogens with zero attached hydrogens (tertiary/aromatic N) is 3. The Hall–Kier alpha value is -1.88. The first kappa shape index (κ1) is 21.9. The van der Waals surface area contributed by atoms with E-state index in [0.29, 0.717) is 30.3 Å². The van der Waals surface area contributed by atoms with Crippen molar-refractivity contribution in [2.75, 3.05) is 19.6 Å². The molecule has 5 heteroatoms. The van der Waals surface area contributed by atoms with E-state index in [1.165, 1.54) is 24.2 Å². The second-order valence-electron chi connectivity index (χ2n) is 11.3. The average molecular weight is 437 g/mol. The number of piperidine rings is 1. The monoisotopic (exact) mass is 436 g/mol. The van der Waals surface area contributed by atoms with Gasteiger partial charge in [-0.1, -0.05) is 39.8 Å². The van der Waals surface area contributed by atoms with Crippen molar-refractivity contribution in [1.82, 2.24) is 19.8 Å². The van der Waals surface area contributed by atoms with Crippen LogP contribution in [0.4, 0.5) is 0 Å². The van der Waals surface area contributed by atoms with Gasteiger partial charge in [0.05, 0.1) is 11.0 Å². The van der Waals surface area contributed by atoms with Gasteiger partial charge in [-0.05, 0) is 80.6 Å². The van der Waals surface area contributed by atoms with Crippen molar-refractivity contribution in [2.24, 2.45) is 16.7 Å². The smallest absolute Gasteiger partial charge is 0.222 e. The van der Waals surface area contributed by atoms with E-state index >= 15 is 0 Å².